The molecule has 0 rings (SSSR count). The second-order valence-electron chi connectivity index (χ2n) is 18.9. The Bertz CT molecular complexity index is 1080. The number of esters is 3. The van der Waals surface area contributed by atoms with E-state index in [9.17, 15) is 14.4 Å². The molecule has 0 saturated heterocycles. The minimum atomic E-state index is -0.774. The monoisotopic (exact) mass is 899 g/mol. The third-order valence-electron chi connectivity index (χ3n) is 12.4. The summed E-state index contributed by atoms with van der Waals surface area (Å²) < 4.78 is 16.8. The molecule has 1 atom stereocenters. The second kappa shape index (κ2) is 53.2. The molecule has 6 nitrogen and oxygen atoms in total. The van der Waals surface area contributed by atoms with Crippen molar-refractivity contribution in [2.75, 3.05) is 13.2 Å². The first-order chi connectivity index (χ1) is 31.5. The molecule has 1 unspecified atom stereocenters. The smallest absolute Gasteiger partial charge is 0.306 e. The number of carbonyl (C=O) groups is 3. The zero-order valence-electron chi connectivity index (χ0n) is 42.8. The van der Waals surface area contributed by atoms with Crippen molar-refractivity contribution in [3.8, 4) is 0 Å². The summed E-state index contributed by atoms with van der Waals surface area (Å²) in [7, 11) is 0. The van der Waals surface area contributed by atoms with Crippen LogP contribution in [0, 0.1) is 0 Å². The van der Waals surface area contributed by atoms with Crippen LogP contribution in [-0.2, 0) is 28.6 Å². The lowest BCUT2D eigenvalue weighted by Gasteiger charge is -2.18. The van der Waals surface area contributed by atoms with Crippen LogP contribution in [0.2, 0.25) is 0 Å². The molecule has 0 N–H and O–H groups in total. The van der Waals surface area contributed by atoms with E-state index in [4.69, 9.17) is 14.2 Å². The third kappa shape index (κ3) is 50.6. The van der Waals surface area contributed by atoms with E-state index in [1.165, 1.54) is 193 Å². The first kappa shape index (κ1) is 61.6. The van der Waals surface area contributed by atoms with Crippen molar-refractivity contribution in [3.05, 3.63) is 36.5 Å². The molecule has 0 amide bonds. The molecule has 6 heteroatoms. The van der Waals surface area contributed by atoms with Gasteiger partial charge in [-0.3, -0.25) is 14.4 Å². The van der Waals surface area contributed by atoms with Gasteiger partial charge < -0.3 is 14.2 Å². The number of hydrogen-bond acceptors (Lipinski definition) is 6. The Hall–Kier alpha value is -2.37. The molecule has 0 aliphatic carbocycles. The minimum absolute atomic E-state index is 0.0736. The maximum atomic E-state index is 12.8. The van der Waals surface area contributed by atoms with Crippen LogP contribution in [0.1, 0.15) is 297 Å². The number of ether oxygens (including phenoxy) is 3. The van der Waals surface area contributed by atoms with Gasteiger partial charge in [-0.2, -0.15) is 0 Å². The summed E-state index contributed by atoms with van der Waals surface area (Å²) >= 11 is 0. The highest BCUT2D eigenvalue weighted by molar-refractivity contribution is 5.71. The molecule has 0 radical (unpaired) electrons. The fourth-order valence-electron chi connectivity index (χ4n) is 8.14. The van der Waals surface area contributed by atoms with Crippen molar-refractivity contribution in [3.63, 3.8) is 0 Å². The fourth-order valence-corrected chi connectivity index (χ4v) is 8.14. The largest absolute Gasteiger partial charge is 0.462 e. The van der Waals surface area contributed by atoms with Crippen molar-refractivity contribution in [2.24, 2.45) is 0 Å². The Morgan fingerprint density at radius 2 is 0.562 bits per heavy atom. The van der Waals surface area contributed by atoms with Gasteiger partial charge in [0.25, 0.3) is 0 Å². The van der Waals surface area contributed by atoms with Gasteiger partial charge in [0.15, 0.2) is 6.10 Å². The molecule has 0 aromatic carbocycles. The lowest BCUT2D eigenvalue weighted by Crippen LogP contribution is -2.30. The molecule has 0 fully saturated rings. The van der Waals surface area contributed by atoms with Crippen LogP contribution < -0.4 is 0 Å². The van der Waals surface area contributed by atoms with Crippen molar-refractivity contribution >= 4 is 17.9 Å². The van der Waals surface area contributed by atoms with Crippen molar-refractivity contribution in [1.29, 1.82) is 0 Å². The van der Waals surface area contributed by atoms with Crippen molar-refractivity contribution in [2.45, 2.75) is 303 Å². The van der Waals surface area contributed by atoms with Gasteiger partial charge in [0.2, 0.25) is 0 Å². The predicted octanol–water partition coefficient (Wildman–Crippen LogP) is 18.5. The first-order valence-electron chi connectivity index (χ1n) is 28.0. The van der Waals surface area contributed by atoms with Crippen LogP contribution in [0.4, 0.5) is 0 Å². The molecule has 64 heavy (non-hydrogen) atoms. The Morgan fingerprint density at radius 3 is 0.906 bits per heavy atom. The van der Waals surface area contributed by atoms with Crippen LogP contribution in [0.3, 0.4) is 0 Å². The summed E-state index contributed by atoms with van der Waals surface area (Å²) in [4.78, 5) is 38.0. The Kier molecular flexibility index (Phi) is 51.3. The highest BCUT2D eigenvalue weighted by Gasteiger charge is 2.19. The van der Waals surface area contributed by atoms with Crippen LogP contribution in [0.15, 0.2) is 36.5 Å². The van der Waals surface area contributed by atoms with Crippen LogP contribution in [0.25, 0.3) is 0 Å². The Morgan fingerprint density at radius 1 is 0.312 bits per heavy atom. The number of rotatable bonds is 51. The molecular formula is C58H106O6. The van der Waals surface area contributed by atoms with E-state index in [1.54, 1.807) is 0 Å². The van der Waals surface area contributed by atoms with E-state index in [2.05, 4.69) is 57.2 Å². The summed E-state index contributed by atoms with van der Waals surface area (Å²) in [6.45, 7) is 6.61. The molecule has 0 aromatic rings. The maximum absolute atomic E-state index is 12.8. The SMILES string of the molecule is CCCCC/C=C\C=C/CCCCCCCCCCCCC(=O)OCC(COC(=O)CCCCCCCCCCC)OC(=O)CCCCCCC/C=C\CCCCCCCCCCC. The summed E-state index contributed by atoms with van der Waals surface area (Å²) in [5, 5.41) is 0. The number of unbranched alkanes of at least 4 members (excludes halogenated alkanes) is 35. The van der Waals surface area contributed by atoms with E-state index in [-0.39, 0.29) is 31.1 Å². The van der Waals surface area contributed by atoms with Gasteiger partial charge >= 0.3 is 17.9 Å². The van der Waals surface area contributed by atoms with Gasteiger partial charge in [0.1, 0.15) is 13.2 Å². The third-order valence-corrected chi connectivity index (χ3v) is 12.4. The summed E-state index contributed by atoms with van der Waals surface area (Å²) in [6.07, 6.45) is 62.8. The highest BCUT2D eigenvalue weighted by Crippen LogP contribution is 2.16. The van der Waals surface area contributed by atoms with Gasteiger partial charge in [-0.05, 0) is 70.6 Å². The predicted molar refractivity (Wildman–Crippen MR) is 275 cm³/mol. The molecule has 0 aliphatic rings. The molecule has 0 aliphatic heterocycles. The average molecular weight is 899 g/mol. The van der Waals surface area contributed by atoms with Gasteiger partial charge in [0.05, 0.1) is 0 Å². The molecule has 0 bridgehead atoms. The van der Waals surface area contributed by atoms with E-state index >= 15 is 0 Å². The number of carbonyl (C=O) groups excluding carboxylic acids is 3. The van der Waals surface area contributed by atoms with Crippen molar-refractivity contribution in [1.82, 2.24) is 0 Å². The molecule has 374 valence electrons. The lowest BCUT2D eigenvalue weighted by atomic mass is 10.1. The molecule has 0 spiro atoms. The maximum Gasteiger partial charge on any atom is 0.306 e. The van der Waals surface area contributed by atoms with Crippen LogP contribution in [0.5, 0.6) is 0 Å². The Labute approximate surface area is 397 Å². The standard InChI is InChI=1S/C58H106O6/c1-4-7-10-13-16-19-21-23-25-27-29-31-32-34-36-39-42-45-48-51-57(60)63-54-55(53-62-56(59)50-47-44-41-38-18-15-12-9-6-3)64-58(61)52-49-46-43-40-37-35-33-30-28-26-24-22-20-17-14-11-8-5-2/h16,19,21,23,30,33,55H,4-15,17-18,20,22,24-29,31-32,34-54H2,1-3H3/b19-16-,23-21-,33-30-. The van der Waals surface area contributed by atoms with Crippen molar-refractivity contribution < 1.29 is 28.6 Å². The molecular weight excluding hydrogens is 793 g/mol. The second-order valence-corrected chi connectivity index (χ2v) is 18.9. The zero-order chi connectivity index (χ0) is 46.5. The van der Waals surface area contributed by atoms with E-state index in [1.807, 2.05) is 0 Å². The van der Waals surface area contributed by atoms with E-state index < -0.39 is 6.10 Å². The number of allylic oxidation sites excluding steroid dienone is 6. The molecule has 0 saturated carbocycles. The topological polar surface area (TPSA) is 78.9 Å². The minimum Gasteiger partial charge on any atom is -0.462 e. The van der Waals surface area contributed by atoms with E-state index in [0.29, 0.717) is 19.3 Å². The average Bonchev–Trinajstić information content (AvgIpc) is 3.29. The van der Waals surface area contributed by atoms with Gasteiger partial charge in [-0.1, -0.05) is 243 Å². The summed E-state index contributed by atoms with van der Waals surface area (Å²) in [6, 6.07) is 0. The van der Waals surface area contributed by atoms with Gasteiger partial charge in [-0.15, -0.1) is 0 Å². The quantitative estimate of drug-likeness (QED) is 0.0199. The van der Waals surface area contributed by atoms with Crippen LogP contribution >= 0.6 is 0 Å². The fraction of sp³-hybridized carbons (Fsp3) is 0.845. The summed E-state index contributed by atoms with van der Waals surface area (Å²) in [5.41, 5.74) is 0. The normalized spacial score (nSPS) is 12.2. The Balaban J connectivity index is 4.28. The molecule has 0 aromatic heterocycles. The van der Waals surface area contributed by atoms with Gasteiger partial charge in [0, 0.05) is 19.3 Å². The molecule has 0 heterocycles. The first-order valence-corrected chi connectivity index (χ1v) is 28.0. The highest BCUT2D eigenvalue weighted by atomic mass is 16.6. The van der Waals surface area contributed by atoms with Crippen LogP contribution in [-0.4, -0.2) is 37.2 Å². The van der Waals surface area contributed by atoms with E-state index in [0.717, 1.165) is 64.2 Å². The zero-order valence-corrected chi connectivity index (χ0v) is 42.8. The van der Waals surface area contributed by atoms with Gasteiger partial charge in [-0.25, -0.2) is 0 Å². The lowest BCUT2D eigenvalue weighted by molar-refractivity contribution is -0.167. The number of hydrogen-bond donors (Lipinski definition) is 0. The summed E-state index contributed by atoms with van der Waals surface area (Å²) in [5.74, 6) is -0.875.